The van der Waals surface area contributed by atoms with Crippen molar-refractivity contribution in [1.29, 1.82) is 0 Å². The Balaban J connectivity index is 1.54. The van der Waals surface area contributed by atoms with Crippen molar-refractivity contribution in [3.8, 4) is 5.75 Å². The molecule has 0 radical (unpaired) electrons. The van der Waals surface area contributed by atoms with Gasteiger partial charge in [0.1, 0.15) is 0 Å². The molecule has 0 aromatic heterocycles. The van der Waals surface area contributed by atoms with Crippen molar-refractivity contribution in [3.05, 3.63) is 42.0 Å². The molecule has 0 atom stereocenters. The summed E-state index contributed by atoms with van der Waals surface area (Å²) < 4.78 is 34.6. The fraction of sp³-hybridized carbons (Fsp3) is 0.680. The van der Waals surface area contributed by atoms with Crippen LogP contribution >= 0.6 is 0 Å². The van der Waals surface area contributed by atoms with Gasteiger partial charge < -0.3 is 4.74 Å². The summed E-state index contributed by atoms with van der Waals surface area (Å²) in [5.41, 5.74) is 0.548. The van der Waals surface area contributed by atoms with Crippen LogP contribution in [0, 0.1) is 29.4 Å². The van der Waals surface area contributed by atoms with Crippen molar-refractivity contribution in [1.82, 2.24) is 0 Å². The van der Waals surface area contributed by atoms with Gasteiger partial charge in [-0.3, -0.25) is 0 Å². The second kappa shape index (κ2) is 10.4. The average Bonchev–Trinajstić information content (AvgIpc) is 2.74. The Bertz CT molecular complexity index is 626. The lowest BCUT2D eigenvalue weighted by atomic mass is 9.68. The van der Waals surface area contributed by atoms with E-state index >= 15 is 0 Å². The Morgan fingerprint density at radius 1 is 0.929 bits per heavy atom. The van der Waals surface area contributed by atoms with Gasteiger partial charge in [0.25, 0.3) is 0 Å². The smallest absolute Gasteiger partial charge is 0.200 e. The molecule has 3 rings (SSSR count). The SMILES string of the molecule is C=CC1CCC(C2CCC(c3ccc(OCCCCC)c(F)c3F)CC2)CC1. The minimum Gasteiger partial charge on any atom is -0.490 e. The number of hydrogen-bond acceptors (Lipinski definition) is 1. The maximum atomic E-state index is 14.7. The predicted octanol–water partition coefficient (Wildman–Crippen LogP) is 7.80. The lowest BCUT2D eigenvalue weighted by Gasteiger charge is -2.37. The molecule has 0 heterocycles. The van der Waals surface area contributed by atoms with E-state index in [1.807, 2.05) is 0 Å². The van der Waals surface area contributed by atoms with Gasteiger partial charge in [0, 0.05) is 0 Å². The Kier molecular flexibility index (Phi) is 7.93. The number of halogens is 2. The van der Waals surface area contributed by atoms with E-state index in [0.717, 1.165) is 56.8 Å². The first-order valence-corrected chi connectivity index (χ1v) is 11.4. The topological polar surface area (TPSA) is 9.23 Å². The molecule has 0 unspecified atom stereocenters. The third-order valence-electron chi connectivity index (χ3n) is 7.11. The van der Waals surface area contributed by atoms with Gasteiger partial charge in [0.05, 0.1) is 6.61 Å². The first-order valence-electron chi connectivity index (χ1n) is 11.4. The van der Waals surface area contributed by atoms with Gasteiger partial charge in [-0.25, -0.2) is 4.39 Å². The van der Waals surface area contributed by atoms with Gasteiger partial charge in [-0.15, -0.1) is 6.58 Å². The maximum absolute atomic E-state index is 14.7. The second-order valence-electron chi connectivity index (χ2n) is 8.86. The Labute approximate surface area is 169 Å². The molecule has 0 spiro atoms. The summed E-state index contributed by atoms with van der Waals surface area (Å²) in [5.74, 6) is 0.984. The van der Waals surface area contributed by atoms with Crippen LogP contribution in [0.1, 0.15) is 89.0 Å². The number of allylic oxidation sites excluding steroid dienone is 1. The second-order valence-corrected chi connectivity index (χ2v) is 8.86. The monoisotopic (exact) mass is 390 g/mol. The summed E-state index contributed by atoms with van der Waals surface area (Å²) in [5, 5.41) is 0. The van der Waals surface area contributed by atoms with Crippen molar-refractivity contribution in [3.63, 3.8) is 0 Å². The molecule has 2 saturated carbocycles. The zero-order chi connectivity index (χ0) is 19.9. The van der Waals surface area contributed by atoms with Gasteiger partial charge in [0.15, 0.2) is 11.6 Å². The predicted molar refractivity (Wildman–Crippen MR) is 112 cm³/mol. The van der Waals surface area contributed by atoms with Gasteiger partial charge in [-0.2, -0.15) is 4.39 Å². The molecule has 2 aliphatic carbocycles. The molecule has 0 N–H and O–H groups in total. The molecule has 1 aromatic rings. The van der Waals surface area contributed by atoms with Crippen molar-refractivity contribution < 1.29 is 13.5 Å². The highest BCUT2D eigenvalue weighted by Gasteiger charge is 2.32. The minimum absolute atomic E-state index is 0.0602. The number of rotatable bonds is 8. The molecule has 1 nitrogen and oxygen atoms in total. The zero-order valence-corrected chi connectivity index (χ0v) is 17.4. The van der Waals surface area contributed by atoms with Gasteiger partial charge in [-0.1, -0.05) is 31.9 Å². The van der Waals surface area contributed by atoms with E-state index in [2.05, 4.69) is 19.6 Å². The first kappa shape index (κ1) is 21.3. The van der Waals surface area contributed by atoms with Crippen LogP contribution in [-0.4, -0.2) is 6.61 Å². The quantitative estimate of drug-likeness (QED) is 0.325. The van der Waals surface area contributed by atoms with Crippen LogP contribution in [0.3, 0.4) is 0 Å². The van der Waals surface area contributed by atoms with Crippen molar-refractivity contribution in [2.45, 2.75) is 83.5 Å². The molecule has 1 aromatic carbocycles. The third-order valence-corrected chi connectivity index (χ3v) is 7.11. The largest absolute Gasteiger partial charge is 0.490 e. The Hall–Kier alpha value is -1.38. The van der Waals surface area contributed by atoms with E-state index < -0.39 is 11.6 Å². The number of ether oxygens (including phenoxy) is 1. The Morgan fingerprint density at radius 2 is 1.57 bits per heavy atom. The van der Waals surface area contributed by atoms with Crippen LogP contribution in [0.25, 0.3) is 0 Å². The molecule has 3 heteroatoms. The molecule has 28 heavy (non-hydrogen) atoms. The Morgan fingerprint density at radius 3 is 2.18 bits per heavy atom. The highest BCUT2D eigenvalue weighted by Crippen LogP contribution is 2.45. The summed E-state index contributed by atoms with van der Waals surface area (Å²) in [6.07, 6.45) is 14.5. The third kappa shape index (κ3) is 5.15. The molecule has 2 fully saturated rings. The van der Waals surface area contributed by atoms with Crippen LogP contribution in [0.2, 0.25) is 0 Å². The molecule has 0 aliphatic heterocycles. The standard InChI is InChI=1S/C25H36F2O/c1-3-5-6-17-28-23-16-15-22(24(26)25(23)27)21-13-11-20(12-14-21)19-9-7-18(4-2)8-10-19/h4,15-16,18-21H,2-3,5-14,17H2,1H3. The normalized spacial score (nSPS) is 28.1. The first-order chi connectivity index (χ1) is 13.6. The van der Waals surface area contributed by atoms with Crippen LogP contribution < -0.4 is 4.74 Å². The minimum atomic E-state index is -0.807. The summed E-state index contributed by atoms with van der Waals surface area (Å²) >= 11 is 0. The highest BCUT2D eigenvalue weighted by molar-refractivity contribution is 5.33. The van der Waals surface area contributed by atoms with E-state index in [-0.39, 0.29) is 11.7 Å². The van der Waals surface area contributed by atoms with Crippen molar-refractivity contribution >= 4 is 0 Å². The summed E-state index contributed by atoms with van der Waals surface area (Å²) in [4.78, 5) is 0. The highest BCUT2D eigenvalue weighted by atomic mass is 19.2. The molecule has 0 bridgehead atoms. The molecular weight excluding hydrogens is 354 g/mol. The van der Waals surface area contributed by atoms with Gasteiger partial charge in [0.2, 0.25) is 5.82 Å². The summed E-state index contributed by atoms with van der Waals surface area (Å²) in [6.45, 7) is 6.49. The van der Waals surface area contributed by atoms with E-state index in [0.29, 0.717) is 18.1 Å². The van der Waals surface area contributed by atoms with Crippen LogP contribution in [-0.2, 0) is 0 Å². The zero-order valence-electron chi connectivity index (χ0n) is 17.4. The molecular formula is C25H36F2O. The van der Waals surface area contributed by atoms with E-state index in [1.54, 1.807) is 12.1 Å². The summed E-state index contributed by atoms with van der Waals surface area (Å²) in [7, 11) is 0. The maximum Gasteiger partial charge on any atom is 0.200 e. The van der Waals surface area contributed by atoms with Crippen LogP contribution in [0.4, 0.5) is 8.78 Å². The molecule has 0 saturated heterocycles. The van der Waals surface area contributed by atoms with E-state index in [1.165, 1.54) is 25.7 Å². The number of benzene rings is 1. The van der Waals surface area contributed by atoms with Crippen LogP contribution in [0.15, 0.2) is 24.8 Å². The van der Waals surface area contributed by atoms with E-state index in [9.17, 15) is 8.78 Å². The fourth-order valence-electron chi connectivity index (χ4n) is 5.26. The molecule has 2 aliphatic rings. The number of hydrogen-bond donors (Lipinski definition) is 0. The molecule has 156 valence electrons. The van der Waals surface area contributed by atoms with Crippen molar-refractivity contribution in [2.75, 3.05) is 6.61 Å². The van der Waals surface area contributed by atoms with E-state index in [4.69, 9.17) is 4.74 Å². The van der Waals surface area contributed by atoms with Crippen molar-refractivity contribution in [2.24, 2.45) is 17.8 Å². The lowest BCUT2D eigenvalue weighted by Crippen LogP contribution is -2.25. The summed E-state index contributed by atoms with van der Waals surface area (Å²) in [6, 6.07) is 3.39. The van der Waals surface area contributed by atoms with Gasteiger partial charge >= 0.3 is 0 Å². The fourth-order valence-corrected chi connectivity index (χ4v) is 5.26. The van der Waals surface area contributed by atoms with Crippen LogP contribution in [0.5, 0.6) is 5.75 Å². The average molecular weight is 391 g/mol. The van der Waals surface area contributed by atoms with Gasteiger partial charge in [-0.05, 0) is 93.1 Å². The number of unbranched alkanes of at least 4 members (excludes halogenated alkanes) is 2. The lowest BCUT2D eigenvalue weighted by molar-refractivity contribution is 0.170. The molecule has 0 amide bonds.